The van der Waals surface area contributed by atoms with E-state index in [1.54, 1.807) is 30.7 Å². The molecular formula is C48H79BFN20O16P12. The molecule has 12 rings (SSSR count). The van der Waals surface area contributed by atoms with Crippen molar-refractivity contribution in [2.75, 3.05) is 49.1 Å². The quantitative estimate of drug-likeness (QED) is 0.0410. The fraction of sp³-hybridized carbons (Fsp3) is 0.521. The van der Waals surface area contributed by atoms with Gasteiger partial charge in [0.25, 0.3) is 0 Å². The lowest BCUT2D eigenvalue weighted by molar-refractivity contribution is -0.156. The van der Waals surface area contributed by atoms with Gasteiger partial charge in [0.2, 0.25) is 0 Å². The number of ether oxygens (including phenoxy) is 6. The standard InChI is InChI=1S/C13H25N5O3P6.C12H21N5O5P6.2C11H13N5O4.CH4.B.FH.H2/c1-4-7-9(19-3)10(21-25-22)13(20-7)18-6-16-8-11(14-5-15-12(8)18)17(2)27(24)26-23;1-16(28(25)27-24)9-5-10(14-3-13-9)17(4-15-5)11-7(22-26-23)6(20-2)8(21-11)12(18)19;2*1-4(17)8-6(18)7(19)11(20-8)16-3-15-5-9(12)13-2-14-10(5)16;;;;/h5-7,9-10,13,25-26H,4,22-24H2,1-3H3;3-4,6-8,11,26-27H,23-25H2,1-2H3,(H,18,19);2*2-3,6-8,11,18-19H,1H3,(H2,12,13,14);1H4;;2*1H/t7-,9-,10-,13-,27?;6-,7+,8-,11+,28?;2*6-,7+,8+,11+;;;;/m1000..../s1. The van der Waals surface area contributed by atoms with Crippen molar-refractivity contribution in [1.29, 1.82) is 0 Å². The van der Waals surface area contributed by atoms with E-state index in [-0.39, 0.29) is 86.7 Å². The molecule has 0 amide bonds. The molecule has 0 aliphatic carbocycles. The molecule has 0 spiro atoms. The Hall–Kier alpha value is -3.12. The summed E-state index contributed by atoms with van der Waals surface area (Å²) in [6.45, 7) is 4.66. The summed E-state index contributed by atoms with van der Waals surface area (Å²) in [4.78, 5) is 84.9. The minimum atomic E-state index is -1.30. The number of nitrogens with two attached hydrogens (primary N) is 2. The fourth-order valence-electron chi connectivity index (χ4n) is 10.7. The maximum Gasteiger partial charge on any atom is 0.335 e. The maximum atomic E-state index is 11.6. The van der Waals surface area contributed by atoms with E-state index < -0.39 is 94.5 Å². The van der Waals surface area contributed by atoms with E-state index >= 15 is 0 Å². The number of methoxy groups -OCH3 is 2. The number of aliphatic carboxylic acids is 1. The Morgan fingerprint density at radius 1 is 0.551 bits per heavy atom. The Labute approximate surface area is 586 Å². The van der Waals surface area contributed by atoms with Gasteiger partial charge in [-0.3, -0.25) is 32.6 Å². The summed E-state index contributed by atoms with van der Waals surface area (Å²) in [7, 11) is 24.3. The van der Waals surface area contributed by atoms with Crippen LogP contribution in [0.1, 0.15) is 61.0 Å². The highest BCUT2D eigenvalue weighted by molar-refractivity contribution is 8.62. The molecule has 0 aromatic carbocycles. The lowest BCUT2D eigenvalue weighted by Crippen LogP contribution is -2.38. The van der Waals surface area contributed by atoms with Crippen LogP contribution in [0.3, 0.4) is 0 Å². The Kier molecular flexibility index (Phi) is 32.1. The van der Waals surface area contributed by atoms with Crippen LogP contribution in [0.5, 0.6) is 0 Å². The molecule has 8 aromatic heterocycles. The topological polar surface area (TPSA) is 459 Å². The number of anilines is 4. The van der Waals surface area contributed by atoms with Crippen LogP contribution in [0.15, 0.2) is 50.6 Å². The number of hydrogen-bond acceptors (Lipinski definition) is 31. The maximum absolute atomic E-state index is 11.6. The van der Waals surface area contributed by atoms with Crippen molar-refractivity contribution in [2.45, 2.75) is 133 Å². The van der Waals surface area contributed by atoms with E-state index in [9.17, 15) is 39.9 Å². The molecular weight excluding hydrogens is 1510 g/mol. The molecule has 12 heterocycles. The van der Waals surface area contributed by atoms with E-state index in [2.05, 4.69) is 130 Å². The molecule has 0 saturated carbocycles. The second-order valence-corrected chi connectivity index (χ2v) is 41.3. The van der Waals surface area contributed by atoms with Gasteiger partial charge in [-0.25, -0.2) is 64.6 Å². The molecule has 537 valence electrons. The second-order valence-electron chi connectivity index (χ2n) is 20.8. The van der Waals surface area contributed by atoms with Crippen LogP contribution in [0.25, 0.3) is 44.7 Å². The van der Waals surface area contributed by atoms with Gasteiger partial charge >= 0.3 is 5.97 Å². The molecule has 50 heteroatoms. The van der Waals surface area contributed by atoms with E-state index in [4.69, 9.17) is 48.9 Å². The van der Waals surface area contributed by atoms with E-state index in [1.807, 2.05) is 18.7 Å². The van der Waals surface area contributed by atoms with Crippen LogP contribution < -0.4 is 20.8 Å². The molecule has 9 N–H and O–H groups in total. The minimum absolute atomic E-state index is 0. The van der Waals surface area contributed by atoms with Gasteiger partial charge in [-0.2, -0.15) is 0 Å². The predicted molar refractivity (Wildman–Crippen MR) is 400 cm³/mol. The molecule has 3 radical (unpaired) electrons. The van der Waals surface area contributed by atoms with Crippen molar-refractivity contribution in [1.82, 2.24) is 78.1 Å². The third kappa shape index (κ3) is 17.3. The van der Waals surface area contributed by atoms with E-state index in [0.29, 0.717) is 47.3 Å². The molecule has 4 aliphatic heterocycles. The van der Waals surface area contributed by atoms with Crippen LogP contribution in [0.4, 0.5) is 28.0 Å². The molecule has 4 saturated heterocycles. The molecule has 36 nitrogen and oxygen atoms in total. The number of nitrogen functional groups attached to an aromatic ring is 2. The molecule has 4 fully saturated rings. The lowest BCUT2D eigenvalue weighted by Gasteiger charge is -2.24. The first-order chi connectivity index (χ1) is 45.5. The number of aliphatic hydroxyl groups excluding tert-OH is 4. The normalized spacial score (nSPS) is 27.4. The highest BCUT2D eigenvalue weighted by Crippen LogP contribution is 2.69. The SMILES string of the molecule is C.CC(=O)[C@H]1O[C@@H](n2cnc3c(N)ncnc32)[C@H](O)[C@@H]1O.CC(=O)[C@H]1O[C@@H](n2cnc3c(N)ncnc32)[C@H](O)[C@@H]1O.CC[C@H]1O[C@@H](n2cnc3c(N(C)P(P)PP)ncnc32)[C@H](OPP)[C@@H]1OC.CO[C@H]1[C@@H](OPP)[C@H](n2cnc3c(N(C)P(P)PP)ncnc32)O[C@@H]1C(=O)O.F.[B].[HH]. The smallest absolute Gasteiger partial charge is 0.335 e. The van der Waals surface area contributed by atoms with Crippen molar-refractivity contribution in [3.63, 3.8) is 0 Å². The first-order valence-electron chi connectivity index (χ1n) is 28.1. The van der Waals surface area contributed by atoms with Gasteiger partial charge in [0.05, 0.1) is 31.4 Å². The van der Waals surface area contributed by atoms with E-state index in [1.165, 1.54) is 61.7 Å². The highest BCUT2D eigenvalue weighted by Gasteiger charge is 2.52. The Bertz CT molecular complexity index is 3860. The van der Waals surface area contributed by atoms with E-state index in [0.717, 1.165) is 31.4 Å². The number of carboxylic acid groups (broad SMARTS) is 1. The first kappa shape index (κ1) is 83.8. The summed E-state index contributed by atoms with van der Waals surface area (Å²) >= 11 is 0. The van der Waals surface area contributed by atoms with Gasteiger partial charge in [0, 0.05) is 70.0 Å². The third-order valence-corrected chi connectivity index (χ3v) is 37.5. The van der Waals surface area contributed by atoms with Crippen molar-refractivity contribution in [3.05, 3.63) is 50.6 Å². The van der Waals surface area contributed by atoms with Gasteiger partial charge in [0.15, 0.2) is 99.5 Å². The number of aromatic nitrogens is 16. The Morgan fingerprint density at radius 2 is 0.888 bits per heavy atom. The number of halogens is 1. The summed E-state index contributed by atoms with van der Waals surface area (Å²) in [6.07, 6.45) is -0.693. The number of Topliss-reactive ketones (excluding diaryl/α,β-unsaturated/α-hetero) is 2. The molecule has 0 bridgehead atoms. The van der Waals surface area contributed by atoms with Crippen molar-refractivity contribution < 1.29 is 83.5 Å². The largest absolute Gasteiger partial charge is 0.479 e. The van der Waals surface area contributed by atoms with Gasteiger partial charge in [0.1, 0.15) is 97.4 Å². The summed E-state index contributed by atoms with van der Waals surface area (Å²) in [6, 6.07) is 0. The molecule has 98 heavy (non-hydrogen) atoms. The number of imidazole rings is 4. The Morgan fingerprint density at radius 3 is 1.22 bits per heavy atom. The fourth-order valence-corrected chi connectivity index (χ4v) is 18.9. The first-order valence-corrected chi connectivity index (χ1v) is 46.6. The van der Waals surface area contributed by atoms with Gasteiger partial charge in [-0.15, -0.1) is 17.9 Å². The average Bonchev–Trinajstić information content (AvgIpc) is 1.64. The number of carboxylic acids is 1. The number of hydrogen-bond donors (Lipinski definition) is 7. The summed E-state index contributed by atoms with van der Waals surface area (Å²) in [5.74, 6) is 0.101. The van der Waals surface area contributed by atoms with Gasteiger partial charge in [-0.05, 0) is 20.3 Å². The monoisotopic (exact) mass is 1590 g/mol. The number of rotatable bonds is 20. The zero-order valence-corrected chi connectivity index (χ0v) is 65.1. The van der Waals surface area contributed by atoms with Crippen molar-refractivity contribution in [3.8, 4) is 0 Å². The van der Waals surface area contributed by atoms with Gasteiger partial charge in [-0.1, -0.05) is 66.0 Å². The number of fused-ring (bicyclic) bond motifs is 4. The third-order valence-electron chi connectivity index (χ3n) is 15.4. The zero-order chi connectivity index (χ0) is 68.9. The van der Waals surface area contributed by atoms with Crippen LogP contribution in [-0.4, -0.2) is 231 Å². The Balaban J connectivity index is 0.000000237. The number of ketones is 2. The average molecular weight is 1590 g/mol. The predicted octanol–water partition coefficient (Wildman–Crippen LogP) is 4.41. The molecule has 28 atom stereocenters. The van der Waals surface area contributed by atoms with Crippen molar-refractivity contribution >= 4 is 195 Å². The van der Waals surface area contributed by atoms with Crippen LogP contribution in [0, 0.1) is 0 Å². The summed E-state index contributed by atoms with van der Waals surface area (Å²) in [5, 5.41) is 49.2. The lowest BCUT2D eigenvalue weighted by atomic mass is 10.1. The van der Waals surface area contributed by atoms with Crippen molar-refractivity contribution in [2.24, 2.45) is 0 Å². The molecule has 12 unspecified atom stereocenters. The number of carbonyl (C=O) groups excluding carboxylic acids is 2. The van der Waals surface area contributed by atoms with Gasteiger partial charge < -0.3 is 83.8 Å². The summed E-state index contributed by atoms with van der Waals surface area (Å²) < 4.78 is 56.5. The van der Waals surface area contributed by atoms with Crippen LogP contribution in [0.2, 0.25) is 0 Å². The zero-order valence-electron chi connectivity index (χ0n) is 52.3. The van der Waals surface area contributed by atoms with Crippen LogP contribution in [-0.2, 0) is 51.9 Å². The van der Waals surface area contributed by atoms with Crippen LogP contribution >= 0.6 is 101 Å². The number of carbonyl (C=O) groups is 3. The number of nitrogens with zero attached hydrogens (tertiary/aromatic N) is 18. The molecule has 8 aromatic rings. The number of aliphatic hydroxyl groups is 4. The second kappa shape index (κ2) is 37.5. The molecule has 4 aliphatic rings. The summed E-state index contributed by atoms with van der Waals surface area (Å²) in [5.41, 5.74) is 15.5. The highest BCUT2D eigenvalue weighted by atomic mass is 32.6. The minimum Gasteiger partial charge on any atom is -0.479 e.